The summed E-state index contributed by atoms with van der Waals surface area (Å²) < 4.78 is 7.06. The lowest BCUT2D eigenvalue weighted by atomic mass is 10.2. The molecule has 0 aliphatic rings. The maximum Gasteiger partial charge on any atom is 0.191 e. The summed E-state index contributed by atoms with van der Waals surface area (Å²) >= 11 is 5.97. The van der Waals surface area contributed by atoms with Crippen molar-refractivity contribution in [1.29, 1.82) is 0 Å². The van der Waals surface area contributed by atoms with Gasteiger partial charge in [0.25, 0.3) is 0 Å². The molecule has 0 saturated carbocycles. The molecule has 0 aliphatic heterocycles. The van der Waals surface area contributed by atoms with Crippen LogP contribution in [0.4, 0.5) is 0 Å². The lowest BCUT2D eigenvalue weighted by Gasteiger charge is -2.12. The minimum absolute atomic E-state index is 0. The number of rotatable bonds is 6. The van der Waals surface area contributed by atoms with Crippen LogP contribution in [0.5, 0.6) is 5.75 Å². The molecule has 0 saturated heterocycles. The van der Waals surface area contributed by atoms with Crippen molar-refractivity contribution in [3.8, 4) is 5.75 Å². The number of guanidine groups is 1. The van der Waals surface area contributed by atoms with E-state index in [1.165, 1.54) is 6.33 Å². The predicted octanol–water partition coefficient (Wildman–Crippen LogP) is 2.35. The van der Waals surface area contributed by atoms with Crippen LogP contribution in [0.3, 0.4) is 0 Å². The number of aryl methyl sites for hydroxylation is 1. The van der Waals surface area contributed by atoms with Crippen LogP contribution >= 0.6 is 35.6 Å². The number of aliphatic imine (C=N–C) groups is 1. The van der Waals surface area contributed by atoms with Crippen LogP contribution in [0.15, 0.2) is 29.5 Å². The lowest BCUT2D eigenvalue weighted by molar-refractivity contribution is 0.410. The van der Waals surface area contributed by atoms with Crippen molar-refractivity contribution in [3.63, 3.8) is 0 Å². The molecule has 9 heteroatoms. The topological polar surface area (TPSA) is 76.4 Å². The monoisotopic (exact) mass is 464 g/mol. The average molecular weight is 465 g/mol. The number of nitrogens with zero attached hydrogens (tertiary/aromatic N) is 4. The van der Waals surface area contributed by atoms with Crippen molar-refractivity contribution in [1.82, 2.24) is 25.4 Å². The van der Waals surface area contributed by atoms with Crippen molar-refractivity contribution in [2.75, 3.05) is 13.7 Å². The number of hydrogen-bond donors (Lipinski definition) is 2. The Hall–Kier alpha value is -1.55. The maximum absolute atomic E-state index is 5.97. The van der Waals surface area contributed by atoms with Gasteiger partial charge in [0, 0.05) is 24.2 Å². The molecule has 2 rings (SSSR count). The first-order chi connectivity index (χ1) is 11.1. The summed E-state index contributed by atoms with van der Waals surface area (Å²) in [5.74, 6) is 2.26. The third-order valence-electron chi connectivity index (χ3n) is 3.22. The van der Waals surface area contributed by atoms with E-state index in [-0.39, 0.29) is 24.0 Å². The molecule has 0 atom stereocenters. The van der Waals surface area contributed by atoms with Crippen molar-refractivity contribution in [3.05, 3.63) is 40.9 Å². The average Bonchev–Trinajstić information content (AvgIpc) is 2.96. The Morgan fingerprint density at radius 1 is 1.38 bits per heavy atom. The number of aromatic nitrogens is 3. The molecule has 7 nitrogen and oxygen atoms in total. The summed E-state index contributed by atoms with van der Waals surface area (Å²) in [6.07, 6.45) is 1.53. The Kier molecular flexibility index (Phi) is 8.83. The third kappa shape index (κ3) is 5.82. The van der Waals surface area contributed by atoms with Gasteiger partial charge in [-0.3, -0.25) is 4.68 Å². The van der Waals surface area contributed by atoms with E-state index < -0.39 is 0 Å². The Labute approximate surface area is 163 Å². The van der Waals surface area contributed by atoms with Gasteiger partial charge in [-0.2, -0.15) is 5.10 Å². The van der Waals surface area contributed by atoms with Gasteiger partial charge in [0.1, 0.15) is 17.9 Å². The normalized spacial score (nSPS) is 10.9. The fourth-order valence-electron chi connectivity index (χ4n) is 2.00. The molecule has 2 N–H and O–H groups in total. The van der Waals surface area contributed by atoms with Gasteiger partial charge < -0.3 is 15.4 Å². The molecular formula is C15H22ClIN6O. The highest BCUT2D eigenvalue weighted by Crippen LogP contribution is 2.23. The van der Waals surface area contributed by atoms with E-state index in [4.69, 9.17) is 16.3 Å². The first-order valence-electron chi connectivity index (χ1n) is 7.31. The highest BCUT2D eigenvalue weighted by atomic mass is 127. The minimum atomic E-state index is 0. The maximum atomic E-state index is 5.97. The second-order valence-electron chi connectivity index (χ2n) is 4.80. The van der Waals surface area contributed by atoms with Crippen LogP contribution in [0, 0.1) is 0 Å². The molecule has 132 valence electrons. The molecule has 24 heavy (non-hydrogen) atoms. The first-order valence-corrected chi connectivity index (χ1v) is 7.69. The van der Waals surface area contributed by atoms with Crippen molar-refractivity contribution in [2.45, 2.75) is 20.0 Å². The zero-order valence-electron chi connectivity index (χ0n) is 13.9. The largest absolute Gasteiger partial charge is 0.496 e. The van der Waals surface area contributed by atoms with Gasteiger partial charge >= 0.3 is 0 Å². The van der Waals surface area contributed by atoms with E-state index in [0.717, 1.165) is 23.7 Å². The Morgan fingerprint density at radius 3 is 2.79 bits per heavy atom. The van der Waals surface area contributed by atoms with Crippen LogP contribution in [0.1, 0.15) is 18.3 Å². The second-order valence-corrected chi connectivity index (χ2v) is 5.24. The minimum Gasteiger partial charge on any atom is -0.496 e. The molecule has 0 fully saturated rings. The molecule has 0 spiro atoms. The smallest absolute Gasteiger partial charge is 0.191 e. The summed E-state index contributed by atoms with van der Waals surface area (Å²) in [6, 6.07) is 5.53. The van der Waals surface area contributed by atoms with Gasteiger partial charge in [-0.05, 0) is 19.1 Å². The number of benzene rings is 1. The van der Waals surface area contributed by atoms with Crippen LogP contribution in [-0.4, -0.2) is 34.4 Å². The molecule has 0 unspecified atom stereocenters. The molecule has 0 bridgehead atoms. The number of ether oxygens (including phenoxy) is 1. The summed E-state index contributed by atoms with van der Waals surface area (Å²) in [6.45, 7) is 3.80. The fraction of sp³-hybridized carbons (Fsp3) is 0.400. The summed E-state index contributed by atoms with van der Waals surface area (Å²) in [7, 11) is 3.48. The molecule has 0 aliphatic carbocycles. The van der Waals surface area contributed by atoms with Crippen molar-refractivity contribution < 1.29 is 4.74 Å². The van der Waals surface area contributed by atoms with Gasteiger partial charge in [-0.25, -0.2) is 9.98 Å². The van der Waals surface area contributed by atoms with Gasteiger partial charge in [0.05, 0.1) is 20.2 Å². The molecule has 2 aromatic rings. The van der Waals surface area contributed by atoms with Crippen LogP contribution in [0.25, 0.3) is 0 Å². The number of hydrogen-bond acceptors (Lipinski definition) is 4. The number of methoxy groups -OCH3 is 1. The fourth-order valence-corrected chi connectivity index (χ4v) is 2.16. The van der Waals surface area contributed by atoms with E-state index >= 15 is 0 Å². The molecular weight excluding hydrogens is 443 g/mol. The zero-order chi connectivity index (χ0) is 16.7. The molecule has 1 aromatic carbocycles. The van der Waals surface area contributed by atoms with E-state index in [0.29, 0.717) is 24.1 Å². The van der Waals surface area contributed by atoms with Crippen LogP contribution < -0.4 is 15.4 Å². The summed E-state index contributed by atoms with van der Waals surface area (Å²) in [4.78, 5) is 8.74. The Balaban J connectivity index is 0.00000288. The van der Waals surface area contributed by atoms with Crippen LogP contribution in [-0.2, 0) is 20.1 Å². The van der Waals surface area contributed by atoms with Gasteiger partial charge in [-0.15, -0.1) is 24.0 Å². The SMILES string of the molecule is CCNC(=NCc1ccc(Cl)cc1OC)NCc1ncnn1C.I. The van der Waals surface area contributed by atoms with Crippen molar-refractivity contribution in [2.24, 2.45) is 12.0 Å². The molecule has 1 aromatic heterocycles. The van der Waals surface area contributed by atoms with Crippen molar-refractivity contribution >= 4 is 41.5 Å². The quantitative estimate of drug-likeness (QED) is 0.390. The van der Waals surface area contributed by atoms with E-state index in [1.807, 2.05) is 26.1 Å². The number of halogens is 2. The van der Waals surface area contributed by atoms with Crippen LogP contribution in [0.2, 0.25) is 5.02 Å². The molecule has 1 heterocycles. The highest BCUT2D eigenvalue weighted by molar-refractivity contribution is 14.0. The first kappa shape index (κ1) is 20.5. The van der Waals surface area contributed by atoms with E-state index in [9.17, 15) is 0 Å². The Bertz CT molecular complexity index is 676. The van der Waals surface area contributed by atoms with Gasteiger partial charge in [0.15, 0.2) is 5.96 Å². The standard InChI is InChI=1S/C15H21ClN6O.HI/c1-4-17-15(19-9-14-20-10-21-22(14)2)18-8-11-5-6-12(16)7-13(11)23-3;/h5-7,10H,4,8-9H2,1-3H3,(H2,17,18,19);1H. The highest BCUT2D eigenvalue weighted by Gasteiger charge is 2.05. The molecule has 0 radical (unpaired) electrons. The van der Waals surface area contributed by atoms with Gasteiger partial charge in [-0.1, -0.05) is 17.7 Å². The predicted molar refractivity (Wildman–Crippen MR) is 106 cm³/mol. The van der Waals surface area contributed by atoms with E-state index in [1.54, 1.807) is 17.9 Å². The second kappa shape index (κ2) is 10.3. The summed E-state index contributed by atoms with van der Waals surface area (Å²) in [5, 5.41) is 11.1. The Morgan fingerprint density at radius 2 is 2.17 bits per heavy atom. The summed E-state index contributed by atoms with van der Waals surface area (Å²) in [5.41, 5.74) is 0.966. The lowest BCUT2D eigenvalue weighted by Crippen LogP contribution is -2.37. The third-order valence-corrected chi connectivity index (χ3v) is 3.46. The number of nitrogens with one attached hydrogen (secondary N) is 2. The van der Waals surface area contributed by atoms with E-state index in [2.05, 4.69) is 25.7 Å². The van der Waals surface area contributed by atoms with Gasteiger partial charge in [0.2, 0.25) is 0 Å². The zero-order valence-corrected chi connectivity index (χ0v) is 17.0. The molecule has 0 amide bonds.